The topological polar surface area (TPSA) is 95.6 Å². The standard InChI is InChI=1S/C17H31N3O4S2/c1-4-14-25(21,22)18-11-10-16-6-8-17(9-7-16)20(3)13-12-19-26(23,24)15-5-2/h6-9,18-19H,4-5,10-15H2,1-3H3. The number of hydrogen-bond donors (Lipinski definition) is 2. The van der Waals surface area contributed by atoms with E-state index in [-0.39, 0.29) is 11.5 Å². The quantitative estimate of drug-likeness (QED) is 0.516. The first-order valence-electron chi connectivity index (χ1n) is 8.94. The average Bonchev–Trinajstić information content (AvgIpc) is 2.54. The minimum Gasteiger partial charge on any atom is -0.373 e. The SMILES string of the molecule is CCCS(=O)(=O)NCCc1ccc(N(C)CCNS(=O)(=O)CCC)cc1. The van der Waals surface area contributed by atoms with Crippen LogP contribution in [-0.2, 0) is 26.5 Å². The Labute approximate surface area is 158 Å². The highest BCUT2D eigenvalue weighted by atomic mass is 32.2. The maximum Gasteiger partial charge on any atom is 0.211 e. The van der Waals surface area contributed by atoms with Crippen LogP contribution in [0, 0.1) is 0 Å². The van der Waals surface area contributed by atoms with Crippen molar-refractivity contribution >= 4 is 25.7 Å². The van der Waals surface area contributed by atoms with Crippen LogP contribution in [0.1, 0.15) is 32.3 Å². The van der Waals surface area contributed by atoms with Gasteiger partial charge in [0.1, 0.15) is 0 Å². The third-order valence-electron chi connectivity index (χ3n) is 3.83. The van der Waals surface area contributed by atoms with Gasteiger partial charge in [0.2, 0.25) is 20.0 Å². The van der Waals surface area contributed by atoms with Crippen molar-refractivity contribution in [2.24, 2.45) is 0 Å². The van der Waals surface area contributed by atoms with Crippen LogP contribution < -0.4 is 14.3 Å². The zero-order valence-corrected chi connectivity index (χ0v) is 17.5. The molecule has 0 amide bonds. The first-order chi connectivity index (χ1) is 12.2. The van der Waals surface area contributed by atoms with Crippen LogP contribution in [0.5, 0.6) is 0 Å². The number of likely N-dealkylation sites (N-methyl/N-ethyl adjacent to an activating group) is 1. The van der Waals surface area contributed by atoms with Crippen molar-refractivity contribution in [3.05, 3.63) is 29.8 Å². The summed E-state index contributed by atoms with van der Waals surface area (Å²) in [7, 11) is -4.44. The predicted octanol–water partition coefficient (Wildman–Crippen LogP) is 1.32. The van der Waals surface area contributed by atoms with Gasteiger partial charge in [-0.15, -0.1) is 0 Å². The number of hydrogen-bond acceptors (Lipinski definition) is 5. The predicted molar refractivity (Wildman–Crippen MR) is 108 cm³/mol. The number of nitrogens with zero attached hydrogens (tertiary/aromatic N) is 1. The van der Waals surface area contributed by atoms with Gasteiger partial charge in [-0.2, -0.15) is 0 Å². The van der Waals surface area contributed by atoms with E-state index in [1.54, 1.807) is 0 Å². The second kappa shape index (κ2) is 10.9. The molecule has 0 bridgehead atoms. The fraction of sp³-hybridized carbons (Fsp3) is 0.647. The van der Waals surface area contributed by atoms with Crippen LogP contribution in [0.25, 0.3) is 0 Å². The Morgan fingerprint density at radius 3 is 1.85 bits per heavy atom. The molecule has 2 N–H and O–H groups in total. The van der Waals surface area contributed by atoms with Crippen molar-refractivity contribution in [3.63, 3.8) is 0 Å². The number of anilines is 1. The number of rotatable bonds is 13. The molecule has 1 aromatic rings. The summed E-state index contributed by atoms with van der Waals surface area (Å²) in [6.45, 7) is 4.99. The maximum absolute atomic E-state index is 11.6. The molecule has 0 heterocycles. The third kappa shape index (κ3) is 8.98. The van der Waals surface area contributed by atoms with Crippen LogP contribution in [0.4, 0.5) is 5.69 Å². The Bertz CT molecular complexity index is 732. The summed E-state index contributed by atoms with van der Waals surface area (Å²) < 4.78 is 51.7. The highest BCUT2D eigenvalue weighted by molar-refractivity contribution is 7.89. The van der Waals surface area contributed by atoms with Crippen LogP contribution >= 0.6 is 0 Å². The van der Waals surface area contributed by atoms with Crippen molar-refractivity contribution in [1.29, 1.82) is 0 Å². The van der Waals surface area contributed by atoms with Gasteiger partial charge < -0.3 is 4.90 Å². The normalized spacial score (nSPS) is 12.3. The second-order valence-corrected chi connectivity index (χ2v) is 10.1. The first kappa shape index (κ1) is 22.9. The van der Waals surface area contributed by atoms with Gasteiger partial charge in [0.15, 0.2) is 0 Å². The van der Waals surface area contributed by atoms with E-state index in [0.29, 0.717) is 38.9 Å². The minimum atomic E-state index is -3.18. The van der Waals surface area contributed by atoms with Gasteiger partial charge in [-0.1, -0.05) is 26.0 Å². The molecule has 0 saturated carbocycles. The number of benzene rings is 1. The third-order valence-corrected chi connectivity index (χ3v) is 7.01. The molecule has 0 aliphatic carbocycles. The van der Waals surface area contributed by atoms with Crippen LogP contribution in [0.3, 0.4) is 0 Å². The van der Waals surface area contributed by atoms with E-state index in [0.717, 1.165) is 11.3 Å². The summed E-state index contributed by atoms with van der Waals surface area (Å²) in [5, 5.41) is 0. The average molecular weight is 406 g/mol. The molecule has 1 aromatic carbocycles. The Kier molecular flexibility index (Phi) is 9.56. The lowest BCUT2D eigenvalue weighted by Crippen LogP contribution is -2.34. The summed E-state index contributed by atoms with van der Waals surface area (Å²) in [6.07, 6.45) is 1.83. The van der Waals surface area contributed by atoms with E-state index >= 15 is 0 Å². The molecule has 9 heteroatoms. The van der Waals surface area contributed by atoms with Gasteiger partial charge in [-0.3, -0.25) is 0 Å². The van der Waals surface area contributed by atoms with Crippen LogP contribution in [-0.4, -0.2) is 55.0 Å². The smallest absolute Gasteiger partial charge is 0.211 e. The van der Waals surface area contributed by atoms with Crippen molar-refractivity contribution in [2.75, 3.05) is 43.1 Å². The van der Waals surface area contributed by atoms with Crippen LogP contribution in [0.2, 0.25) is 0 Å². The van der Waals surface area contributed by atoms with Gasteiger partial charge in [0, 0.05) is 32.4 Å². The molecule has 0 aromatic heterocycles. The zero-order chi connectivity index (χ0) is 19.6. The lowest BCUT2D eigenvalue weighted by Gasteiger charge is -2.20. The largest absolute Gasteiger partial charge is 0.373 e. The lowest BCUT2D eigenvalue weighted by atomic mass is 10.1. The Hall–Kier alpha value is -1.16. The first-order valence-corrected chi connectivity index (χ1v) is 12.2. The van der Waals surface area contributed by atoms with Gasteiger partial charge >= 0.3 is 0 Å². The van der Waals surface area contributed by atoms with Crippen molar-refractivity contribution in [3.8, 4) is 0 Å². The van der Waals surface area contributed by atoms with Gasteiger partial charge in [-0.25, -0.2) is 26.3 Å². The Morgan fingerprint density at radius 1 is 0.846 bits per heavy atom. The van der Waals surface area contributed by atoms with E-state index in [1.165, 1.54) is 0 Å². The van der Waals surface area contributed by atoms with Crippen molar-refractivity contribution in [2.45, 2.75) is 33.1 Å². The van der Waals surface area contributed by atoms with Gasteiger partial charge in [-0.05, 0) is 37.0 Å². The zero-order valence-electron chi connectivity index (χ0n) is 15.9. The van der Waals surface area contributed by atoms with E-state index in [9.17, 15) is 16.8 Å². The molecular weight excluding hydrogens is 374 g/mol. The summed E-state index contributed by atoms with van der Waals surface area (Å²) in [5.74, 6) is 0.298. The molecule has 0 saturated heterocycles. The summed E-state index contributed by atoms with van der Waals surface area (Å²) in [6, 6.07) is 7.83. The Balaban J connectivity index is 2.44. The minimum absolute atomic E-state index is 0.146. The molecule has 7 nitrogen and oxygen atoms in total. The summed E-state index contributed by atoms with van der Waals surface area (Å²) in [5.41, 5.74) is 2.03. The second-order valence-electron chi connectivity index (χ2n) is 6.26. The maximum atomic E-state index is 11.6. The van der Waals surface area contributed by atoms with E-state index in [2.05, 4.69) is 9.44 Å². The molecule has 0 unspecified atom stereocenters. The molecule has 0 fully saturated rings. The molecule has 26 heavy (non-hydrogen) atoms. The van der Waals surface area contributed by atoms with Gasteiger partial charge in [0.25, 0.3) is 0 Å². The summed E-state index contributed by atoms with van der Waals surface area (Å²) in [4.78, 5) is 1.97. The highest BCUT2D eigenvalue weighted by Gasteiger charge is 2.09. The molecule has 0 spiro atoms. The van der Waals surface area contributed by atoms with Gasteiger partial charge in [0.05, 0.1) is 11.5 Å². The van der Waals surface area contributed by atoms with E-state index < -0.39 is 20.0 Å². The molecule has 150 valence electrons. The number of nitrogens with one attached hydrogen (secondary N) is 2. The monoisotopic (exact) mass is 405 g/mol. The number of sulfonamides is 2. The molecular formula is C17H31N3O4S2. The van der Waals surface area contributed by atoms with Crippen LogP contribution in [0.15, 0.2) is 24.3 Å². The highest BCUT2D eigenvalue weighted by Crippen LogP contribution is 2.13. The Morgan fingerprint density at radius 2 is 1.35 bits per heavy atom. The fourth-order valence-corrected chi connectivity index (χ4v) is 4.63. The molecule has 0 atom stereocenters. The van der Waals surface area contributed by atoms with Crippen molar-refractivity contribution < 1.29 is 16.8 Å². The molecule has 0 aliphatic heterocycles. The summed E-state index contributed by atoms with van der Waals surface area (Å²) >= 11 is 0. The lowest BCUT2D eigenvalue weighted by molar-refractivity contribution is 0.578. The molecule has 0 aliphatic rings. The van der Waals surface area contributed by atoms with E-state index in [4.69, 9.17) is 0 Å². The molecule has 1 rings (SSSR count). The molecule has 0 radical (unpaired) electrons. The fourth-order valence-electron chi connectivity index (χ4n) is 2.45. The van der Waals surface area contributed by atoms with Crippen molar-refractivity contribution in [1.82, 2.24) is 9.44 Å². The van der Waals surface area contributed by atoms with E-state index in [1.807, 2.05) is 50.1 Å².